The minimum Gasteiger partial charge on any atom is -0.477 e. The highest BCUT2D eigenvalue weighted by atomic mass is 16.8. The summed E-state index contributed by atoms with van der Waals surface area (Å²) in [6, 6.07) is 0. The summed E-state index contributed by atoms with van der Waals surface area (Å²) in [6.07, 6.45) is -78.2. The molecule has 94 heavy (non-hydrogen) atoms. The van der Waals surface area contributed by atoms with Crippen molar-refractivity contribution in [1.29, 1.82) is 0 Å². The lowest BCUT2D eigenvalue weighted by molar-refractivity contribution is -0.415. The van der Waals surface area contributed by atoms with Crippen molar-refractivity contribution in [2.24, 2.45) is 0 Å². The first-order chi connectivity index (χ1) is 44.4. The predicted octanol–water partition coefficient (Wildman–Crippen LogP) is -17.6. The molecule has 9 aliphatic rings. The highest BCUT2D eigenvalue weighted by molar-refractivity contribution is 5.75. The van der Waals surface area contributed by atoms with Crippen LogP contribution in [0, 0.1) is 0 Å². The Morgan fingerprint density at radius 1 is 0.340 bits per heavy atom. The Hall–Kier alpha value is -2.17. The summed E-state index contributed by atoms with van der Waals surface area (Å²) >= 11 is 0. The molecule has 9 aliphatic heterocycles. The van der Waals surface area contributed by atoms with Crippen LogP contribution in [-0.2, 0) is 85.3 Å². The quantitative estimate of drug-likeness (QED) is 0.0479. The molecule has 0 aliphatic carbocycles. The van der Waals surface area contributed by atoms with Gasteiger partial charge in [0.05, 0.1) is 52.9 Å². The van der Waals surface area contributed by atoms with Crippen LogP contribution in [0.4, 0.5) is 0 Å². The van der Waals surface area contributed by atoms with E-state index in [4.69, 9.17) is 80.5 Å². The van der Waals surface area contributed by atoms with Crippen molar-refractivity contribution in [3.63, 3.8) is 0 Å². The van der Waals surface area contributed by atoms with Crippen LogP contribution in [0.15, 0.2) is 0 Å². The summed E-state index contributed by atoms with van der Waals surface area (Å²) in [5, 5.41) is 268. The number of aliphatic hydroxyl groups is 24. The van der Waals surface area contributed by atoms with Crippen LogP contribution in [0.25, 0.3) is 0 Å². The van der Waals surface area contributed by atoms with Crippen LogP contribution in [0.2, 0.25) is 0 Å². The molecule has 0 bridgehead atoms. The number of hydrogen-bond donors (Lipinski definition) is 25. The van der Waals surface area contributed by atoms with Gasteiger partial charge in [-0.2, -0.15) is 0 Å². The van der Waals surface area contributed by atoms with Crippen molar-refractivity contribution in [2.75, 3.05) is 52.9 Å². The Morgan fingerprint density at radius 2 is 0.660 bits per heavy atom. The van der Waals surface area contributed by atoms with E-state index in [1.165, 1.54) is 0 Å². The number of aliphatic carboxylic acids is 1. The van der Waals surface area contributed by atoms with E-state index in [2.05, 4.69) is 0 Å². The number of ether oxygens (including phenoxy) is 17. The van der Waals surface area contributed by atoms with Crippen molar-refractivity contribution in [2.45, 2.75) is 258 Å². The third kappa shape index (κ3) is 15.4. The lowest BCUT2D eigenvalue weighted by Crippen LogP contribution is -2.70. The van der Waals surface area contributed by atoms with Gasteiger partial charge in [-0.1, -0.05) is 0 Å². The maximum atomic E-state index is 12.2. The van der Waals surface area contributed by atoms with E-state index in [0.29, 0.717) is 0 Å². The van der Waals surface area contributed by atoms with E-state index >= 15 is 0 Å². The third-order valence-corrected chi connectivity index (χ3v) is 17.7. The highest BCUT2D eigenvalue weighted by Crippen LogP contribution is 2.40. The van der Waals surface area contributed by atoms with Gasteiger partial charge in [0.1, 0.15) is 195 Å². The zero-order valence-electron chi connectivity index (χ0n) is 49.3. The highest BCUT2D eigenvalue weighted by Gasteiger charge is 2.61. The summed E-state index contributed by atoms with van der Waals surface area (Å²) in [7, 11) is 0. The molecule has 41 atom stereocenters. The molecule has 0 aromatic heterocycles. The first-order valence-corrected chi connectivity index (χ1v) is 29.7. The molecule has 0 aromatic carbocycles. The number of carbonyl (C=O) groups is 1. The monoisotopic (exact) mass is 1380 g/mol. The smallest absolute Gasteiger partial charge is 0.364 e. The van der Waals surface area contributed by atoms with Gasteiger partial charge in [-0.05, 0) is 0 Å². The van der Waals surface area contributed by atoms with Crippen LogP contribution in [-0.4, -0.2) is 438 Å². The molecule has 546 valence electrons. The second-order valence-electron chi connectivity index (χ2n) is 23.9. The molecule has 0 radical (unpaired) electrons. The molecule has 9 fully saturated rings. The molecule has 9 heterocycles. The van der Waals surface area contributed by atoms with Crippen LogP contribution in [0.3, 0.4) is 0 Å². The number of rotatable bonds is 22. The molecule has 25 N–H and O–H groups in total. The Bertz CT molecular complexity index is 2370. The molecule has 43 nitrogen and oxygen atoms in total. The minimum atomic E-state index is -2.40. The van der Waals surface area contributed by atoms with Gasteiger partial charge in [0.25, 0.3) is 5.79 Å². The Balaban J connectivity index is 0.810. The van der Waals surface area contributed by atoms with Gasteiger partial charge < -0.3 is 208 Å². The number of aliphatic hydroxyl groups excluding tert-OH is 24. The van der Waals surface area contributed by atoms with Crippen LogP contribution in [0.1, 0.15) is 6.92 Å². The fourth-order valence-corrected chi connectivity index (χ4v) is 12.0. The summed E-state index contributed by atoms with van der Waals surface area (Å²) in [5.41, 5.74) is 0. The molecule has 1 unspecified atom stereocenters. The molecule has 0 saturated carbocycles. The summed E-state index contributed by atoms with van der Waals surface area (Å²) in [4.78, 5) is 12.2. The number of carboxylic acid groups (broad SMARTS) is 1. The SMILES string of the molecule is CC1(C(=O)O)OC[C@H]2O[C@@H](O[C@@H]3[C@@H](O)[C@H](OC[C@H]4O[C@@H](OC[C@H]5O[C@@H](O[C@H]6[C@H](O)[C@@H](O)[C@H](O[C@H]7[C@H](O)[C@@H](O)[C@H](O[C@@H]8[C@@H](O)[C@H](O)O[C@H](CO)[C@@H]8O)O[C@@H]7CO)O[C@@H]6CO)[C@H](O)[C@@H](O)[C@@H]5O)[C@H](O)[C@@H](O)[C@@H]4O)O[C@H](CO)[C@H]3O)[C@H](O)[C@@H](O[C@@H]3O[C@H](CO)[C@H](O)[C@H](O)[C@H]3O)[C@@H]2O1. The molecule has 43 heteroatoms. The van der Waals surface area contributed by atoms with Crippen LogP contribution < -0.4 is 0 Å². The van der Waals surface area contributed by atoms with Crippen molar-refractivity contribution in [1.82, 2.24) is 0 Å². The van der Waals surface area contributed by atoms with Gasteiger partial charge in [-0.25, -0.2) is 4.79 Å². The lowest BCUT2D eigenvalue weighted by atomic mass is 9.95. The Labute approximate surface area is 529 Å². The number of hydrogen-bond acceptors (Lipinski definition) is 42. The average molecular weight is 1390 g/mol. The Morgan fingerprint density at radius 3 is 1.12 bits per heavy atom. The minimum absolute atomic E-state index is 0.625. The first-order valence-electron chi connectivity index (χ1n) is 29.7. The van der Waals surface area contributed by atoms with E-state index in [1.807, 2.05) is 0 Å². The lowest BCUT2D eigenvalue weighted by Gasteiger charge is -2.52. The molecule has 0 aromatic rings. The molecule has 0 spiro atoms. The molecular weight excluding hydrogens is 1300 g/mol. The zero-order valence-corrected chi connectivity index (χ0v) is 49.3. The van der Waals surface area contributed by atoms with Crippen molar-refractivity contribution in [3.05, 3.63) is 0 Å². The van der Waals surface area contributed by atoms with Crippen molar-refractivity contribution in [3.8, 4) is 0 Å². The predicted molar refractivity (Wildman–Crippen MR) is 278 cm³/mol. The first kappa shape index (κ1) is 76.0. The van der Waals surface area contributed by atoms with Crippen LogP contribution in [0.5, 0.6) is 0 Å². The summed E-state index contributed by atoms with van der Waals surface area (Å²) in [6.45, 7) is -6.39. The number of fused-ring (bicyclic) bond motifs is 1. The van der Waals surface area contributed by atoms with Gasteiger partial charge in [0.15, 0.2) is 50.3 Å². The maximum Gasteiger partial charge on any atom is 0.364 e. The maximum absolute atomic E-state index is 12.2. The fraction of sp³-hybridized carbons (Fsp3) is 0.980. The van der Waals surface area contributed by atoms with Crippen LogP contribution >= 0.6 is 0 Å². The summed E-state index contributed by atoms with van der Waals surface area (Å²) in [5.74, 6) is -4.05. The van der Waals surface area contributed by atoms with E-state index in [-0.39, 0.29) is 0 Å². The van der Waals surface area contributed by atoms with Gasteiger partial charge in [0, 0.05) is 6.92 Å². The van der Waals surface area contributed by atoms with Gasteiger partial charge in [-0.15, -0.1) is 0 Å². The topological polar surface area (TPSA) is 680 Å². The second-order valence-corrected chi connectivity index (χ2v) is 23.9. The van der Waals surface area contributed by atoms with Gasteiger partial charge >= 0.3 is 5.97 Å². The normalized spacial score (nSPS) is 53.6. The third-order valence-electron chi connectivity index (χ3n) is 17.7. The fourth-order valence-electron chi connectivity index (χ4n) is 12.0. The molecule has 9 saturated heterocycles. The van der Waals surface area contributed by atoms with E-state index in [9.17, 15) is 132 Å². The summed E-state index contributed by atoms with van der Waals surface area (Å²) < 4.78 is 95.2. The average Bonchev–Trinajstić information content (AvgIpc) is 0.763. The molecular formula is C51H84O43. The zero-order chi connectivity index (χ0) is 68.8. The number of carboxylic acids is 1. The van der Waals surface area contributed by atoms with Crippen molar-refractivity contribution < 1.29 is 213 Å². The molecule has 9 rings (SSSR count). The van der Waals surface area contributed by atoms with Gasteiger partial charge in [-0.3, -0.25) is 0 Å². The second kappa shape index (κ2) is 31.8. The van der Waals surface area contributed by atoms with E-state index in [1.54, 1.807) is 0 Å². The largest absolute Gasteiger partial charge is 0.477 e. The van der Waals surface area contributed by atoms with E-state index in [0.717, 1.165) is 6.92 Å². The molecule has 0 amide bonds. The van der Waals surface area contributed by atoms with Gasteiger partial charge in [0.2, 0.25) is 0 Å². The van der Waals surface area contributed by atoms with E-state index < -0.39 is 310 Å². The standard InChI is InChI=1S/C51H84O43/c1-51(50(76)77)80-9-17-38(94-51)41(93-45-29(68)23(62)18(57)10(2-52)83-45)35(74)49(88-17)92-40-22(61)12(4-54)82-44(34(40)73)79-7-15-19(58)24(63)28(67)43(86-15)78-8-16-20(59)25(64)30(69)46(87-16)89-36-13(5-55)84-47(31(70)26(36)65)90-37-14(6-56)85-48(32(71)27(37)66)91-39-21(60)11(3-53)81-42(75)33(39)72/h10-49,52-75H,2-9H2,1H3,(H,76,77)/t10-,11-,12-,13-,14-,15-,16-,17-,18+,19-,20-,21+,22-,23+,24+,25+,26-,27-,28-,29-,30-,31-,32-,33-,34-,35-,36-,37-,38-,39+,40+,41-,42-,43-,44-,45+,46+,47+,48+,49+,51?/m1/s1. The Kier molecular flexibility index (Phi) is 25.7. The van der Waals surface area contributed by atoms with Crippen molar-refractivity contribution >= 4 is 5.97 Å².